The molecule has 0 saturated heterocycles. The van der Waals surface area contributed by atoms with Crippen LogP contribution in [0.4, 0.5) is 0 Å². The Morgan fingerprint density at radius 2 is 1.33 bits per heavy atom. The molecule has 4 heteroatoms. The summed E-state index contributed by atoms with van der Waals surface area (Å²) < 4.78 is 0. The predicted octanol–water partition coefficient (Wildman–Crippen LogP) is 4.66. The second-order valence-electron chi connectivity index (χ2n) is 9.47. The summed E-state index contributed by atoms with van der Waals surface area (Å²) in [7, 11) is 0. The molecule has 0 heterocycles. The number of rotatable bonds is 5. The van der Waals surface area contributed by atoms with E-state index in [1.165, 1.54) is 0 Å². The van der Waals surface area contributed by atoms with Crippen LogP contribution in [0.15, 0.2) is 60.7 Å². The maximum absolute atomic E-state index is 12.5. The summed E-state index contributed by atoms with van der Waals surface area (Å²) in [6.07, 6.45) is 4.08. The molecule has 0 atom stereocenters. The average molecular weight is 407 g/mol. The van der Waals surface area contributed by atoms with Crippen molar-refractivity contribution in [3.8, 4) is 0 Å². The molecule has 0 bridgehead atoms. The zero-order chi connectivity index (χ0) is 21.6. The van der Waals surface area contributed by atoms with Crippen molar-refractivity contribution < 1.29 is 9.59 Å². The number of hydrogen-bond acceptors (Lipinski definition) is 2. The molecule has 0 spiro atoms. The summed E-state index contributed by atoms with van der Waals surface area (Å²) in [4.78, 5) is 24.9. The topological polar surface area (TPSA) is 58.2 Å². The number of amides is 2. The van der Waals surface area contributed by atoms with Gasteiger partial charge in [-0.05, 0) is 48.1 Å². The van der Waals surface area contributed by atoms with Crippen LogP contribution in [0.25, 0.3) is 0 Å². The molecule has 1 fully saturated rings. The third kappa shape index (κ3) is 5.94. The Labute approximate surface area is 180 Å². The Morgan fingerprint density at radius 3 is 1.80 bits per heavy atom. The van der Waals surface area contributed by atoms with E-state index in [4.69, 9.17) is 0 Å². The Kier molecular flexibility index (Phi) is 7.30. The fourth-order valence-electron chi connectivity index (χ4n) is 4.43. The molecule has 0 unspecified atom stereocenters. The minimum atomic E-state index is -0.551. The summed E-state index contributed by atoms with van der Waals surface area (Å²) in [5.41, 5.74) is 2.53. The smallest absolute Gasteiger partial charge is 0.309 e. The first-order chi connectivity index (χ1) is 14.3. The second kappa shape index (κ2) is 9.92. The molecule has 30 heavy (non-hydrogen) atoms. The quantitative estimate of drug-likeness (QED) is 0.710. The van der Waals surface area contributed by atoms with Gasteiger partial charge in [0.2, 0.25) is 0 Å². The van der Waals surface area contributed by atoms with Gasteiger partial charge in [0.1, 0.15) is 0 Å². The predicted molar refractivity (Wildman–Crippen MR) is 121 cm³/mol. The normalized spacial score (nSPS) is 19.3. The average Bonchev–Trinajstić information content (AvgIpc) is 2.75. The highest BCUT2D eigenvalue weighted by Gasteiger charge is 2.31. The molecule has 3 rings (SSSR count). The third-order valence-corrected chi connectivity index (χ3v) is 6.36. The van der Waals surface area contributed by atoms with Crippen LogP contribution in [0.2, 0.25) is 0 Å². The lowest BCUT2D eigenvalue weighted by molar-refractivity contribution is -0.139. The van der Waals surface area contributed by atoms with Crippen molar-refractivity contribution >= 4 is 11.8 Å². The molecule has 1 aliphatic rings. The highest BCUT2D eigenvalue weighted by atomic mass is 16.2. The Morgan fingerprint density at radius 1 is 0.833 bits per heavy atom. The van der Waals surface area contributed by atoms with Crippen molar-refractivity contribution in [2.75, 3.05) is 6.54 Å². The van der Waals surface area contributed by atoms with Crippen LogP contribution in [-0.2, 0) is 9.59 Å². The van der Waals surface area contributed by atoms with Crippen LogP contribution in [0.1, 0.15) is 63.5 Å². The summed E-state index contributed by atoms with van der Waals surface area (Å²) in [6.45, 7) is 7.22. The molecular weight excluding hydrogens is 372 g/mol. The van der Waals surface area contributed by atoms with Crippen LogP contribution in [0.3, 0.4) is 0 Å². The fraction of sp³-hybridized carbons (Fsp3) is 0.462. The molecule has 2 aromatic rings. The minimum Gasteiger partial charge on any atom is -0.347 e. The van der Waals surface area contributed by atoms with Gasteiger partial charge in [0.25, 0.3) is 0 Å². The van der Waals surface area contributed by atoms with Gasteiger partial charge in [-0.25, -0.2) is 0 Å². The second-order valence-corrected chi connectivity index (χ2v) is 9.47. The van der Waals surface area contributed by atoms with E-state index in [-0.39, 0.29) is 12.0 Å². The lowest BCUT2D eigenvalue weighted by Gasteiger charge is -2.37. The van der Waals surface area contributed by atoms with Crippen LogP contribution in [0, 0.1) is 11.3 Å². The van der Waals surface area contributed by atoms with Crippen molar-refractivity contribution in [1.29, 1.82) is 0 Å². The molecule has 0 radical (unpaired) electrons. The van der Waals surface area contributed by atoms with Crippen LogP contribution >= 0.6 is 0 Å². The lowest BCUT2D eigenvalue weighted by Crippen LogP contribution is -2.47. The zero-order valence-electron chi connectivity index (χ0n) is 18.4. The van der Waals surface area contributed by atoms with Gasteiger partial charge in [-0.15, -0.1) is 0 Å². The monoisotopic (exact) mass is 406 g/mol. The molecule has 160 valence electrons. The highest BCUT2D eigenvalue weighted by molar-refractivity contribution is 6.35. The number of nitrogens with one attached hydrogen (secondary N) is 2. The number of carbonyl (C=O) groups is 2. The van der Waals surface area contributed by atoms with Gasteiger partial charge in [0, 0.05) is 18.5 Å². The lowest BCUT2D eigenvalue weighted by atomic mass is 9.71. The van der Waals surface area contributed by atoms with Gasteiger partial charge in [0.05, 0.1) is 0 Å². The largest absolute Gasteiger partial charge is 0.347 e. The molecule has 2 N–H and O–H groups in total. The standard InChI is InChI=1S/C26H34N2O2/c1-26(2,3)21-14-16-22(17-15-21)28-25(30)24(29)27-18-23(19-10-6-4-7-11-19)20-12-8-5-9-13-20/h4-13,21-23H,14-18H2,1-3H3,(H,27,29)(H,28,30). The Balaban J connectivity index is 1.55. The van der Waals surface area contributed by atoms with E-state index in [1.807, 2.05) is 36.4 Å². The Hall–Kier alpha value is -2.62. The van der Waals surface area contributed by atoms with E-state index < -0.39 is 11.8 Å². The maximum atomic E-state index is 12.5. The molecular formula is C26H34N2O2. The number of carbonyl (C=O) groups excluding carboxylic acids is 2. The molecule has 2 aromatic carbocycles. The van der Waals surface area contributed by atoms with E-state index in [2.05, 4.69) is 55.7 Å². The van der Waals surface area contributed by atoms with E-state index in [1.54, 1.807) is 0 Å². The molecule has 2 amide bonds. The van der Waals surface area contributed by atoms with Crippen LogP contribution in [-0.4, -0.2) is 24.4 Å². The summed E-state index contributed by atoms with van der Waals surface area (Å²) >= 11 is 0. The van der Waals surface area contributed by atoms with Gasteiger partial charge < -0.3 is 10.6 Å². The first-order valence-corrected chi connectivity index (χ1v) is 11.0. The van der Waals surface area contributed by atoms with Crippen molar-refractivity contribution in [3.05, 3.63) is 71.8 Å². The Bertz CT molecular complexity index is 780. The zero-order valence-corrected chi connectivity index (χ0v) is 18.4. The van der Waals surface area contributed by atoms with Gasteiger partial charge in [-0.2, -0.15) is 0 Å². The first-order valence-electron chi connectivity index (χ1n) is 11.0. The van der Waals surface area contributed by atoms with Crippen molar-refractivity contribution in [2.45, 2.75) is 58.4 Å². The van der Waals surface area contributed by atoms with E-state index in [0.717, 1.165) is 36.8 Å². The SMILES string of the molecule is CC(C)(C)C1CCC(NC(=O)C(=O)NCC(c2ccccc2)c2ccccc2)CC1. The van der Waals surface area contributed by atoms with E-state index in [9.17, 15) is 9.59 Å². The van der Waals surface area contributed by atoms with Crippen LogP contribution in [0.5, 0.6) is 0 Å². The van der Waals surface area contributed by atoms with Crippen LogP contribution < -0.4 is 10.6 Å². The van der Waals surface area contributed by atoms with Gasteiger partial charge >= 0.3 is 11.8 Å². The summed E-state index contributed by atoms with van der Waals surface area (Å²) in [6, 6.07) is 20.2. The minimum absolute atomic E-state index is 0.00590. The summed E-state index contributed by atoms with van der Waals surface area (Å²) in [5.74, 6) is -0.387. The third-order valence-electron chi connectivity index (χ3n) is 6.36. The van der Waals surface area contributed by atoms with E-state index in [0.29, 0.717) is 17.9 Å². The number of hydrogen-bond donors (Lipinski definition) is 2. The molecule has 1 aliphatic carbocycles. The van der Waals surface area contributed by atoms with Gasteiger partial charge in [-0.3, -0.25) is 9.59 Å². The van der Waals surface area contributed by atoms with Gasteiger partial charge in [0.15, 0.2) is 0 Å². The maximum Gasteiger partial charge on any atom is 0.309 e. The highest BCUT2D eigenvalue weighted by Crippen LogP contribution is 2.37. The van der Waals surface area contributed by atoms with Crippen molar-refractivity contribution in [3.63, 3.8) is 0 Å². The van der Waals surface area contributed by atoms with E-state index >= 15 is 0 Å². The van der Waals surface area contributed by atoms with Crippen molar-refractivity contribution in [1.82, 2.24) is 10.6 Å². The summed E-state index contributed by atoms with van der Waals surface area (Å²) in [5, 5.41) is 5.79. The molecule has 1 saturated carbocycles. The molecule has 0 aromatic heterocycles. The molecule has 4 nitrogen and oxygen atoms in total. The fourth-order valence-corrected chi connectivity index (χ4v) is 4.43. The first kappa shape index (κ1) is 22.1. The van der Waals surface area contributed by atoms with Crippen molar-refractivity contribution in [2.24, 2.45) is 11.3 Å². The number of benzene rings is 2. The van der Waals surface area contributed by atoms with Gasteiger partial charge in [-0.1, -0.05) is 81.4 Å². The molecule has 0 aliphatic heterocycles.